The number of amides is 1. The number of nitrogens with one attached hydrogen (secondary N) is 1. The van der Waals surface area contributed by atoms with E-state index in [0.29, 0.717) is 17.0 Å². The monoisotopic (exact) mass is 319 g/mol. The number of carbonyl (C=O) groups excluding carboxylic acids is 1. The number of aliphatic carboxylic acids is 1. The number of carbonyl (C=O) groups is 2. The number of rotatable bonds is 6. The molecule has 0 saturated heterocycles. The maximum atomic E-state index is 12.3. The van der Waals surface area contributed by atoms with Crippen LogP contribution in [0, 0.1) is 0 Å². The summed E-state index contributed by atoms with van der Waals surface area (Å²) in [6.07, 6.45) is 0.320. The molecule has 1 heterocycles. The molecule has 0 fully saturated rings. The molecule has 2 N–H and O–H groups in total. The highest BCUT2D eigenvalue weighted by Gasteiger charge is 2.23. The Hall–Kier alpha value is -2.34. The molecular weight excluding hydrogens is 302 g/mol. The Balaban J connectivity index is 2.29. The SMILES string of the molecule is CCC(NC(=O)c1sc(-c2ccccc2)cc1OC)C(=O)O. The minimum absolute atomic E-state index is 0.320. The van der Waals surface area contributed by atoms with Crippen molar-refractivity contribution in [2.24, 2.45) is 0 Å². The van der Waals surface area contributed by atoms with Gasteiger partial charge >= 0.3 is 5.97 Å². The summed E-state index contributed by atoms with van der Waals surface area (Å²) in [7, 11) is 1.49. The van der Waals surface area contributed by atoms with Crippen LogP contribution in [0.4, 0.5) is 0 Å². The number of carboxylic acids is 1. The summed E-state index contributed by atoms with van der Waals surface area (Å²) in [5, 5.41) is 11.6. The first-order valence-corrected chi connectivity index (χ1v) is 7.65. The summed E-state index contributed by atoms with van der Waals surface area (Å²) < 4.78 is 5.25. The van der Waals surface area contributed by atoms with E-state index in [1.54, 1.807) is 13.0 Å². The van der Waals surface area contributed by atoms with Crippen molar-refractivity contribution in [2.45, 2.75) is 19.4 Å². The minimum Gasteiger partial charge on any atom is -0.495 e. The van der Waals surface area contributed by atoms with Gasteiger partial charge in [-0.05, 0) is 18.1 Å². The zero-order valence-corrected chi connectivity index (χ0v) is 13.1. The van der Waals surface area contributed by atoms with Gasteiger partial charge in [0.1, 0.15) is 16.7 Å². The lowest BCUT2D eigenvalue weighted by Crippen LogP contribution is -2.40. The van der Waals surface area contributed by atoms with Crippen molar-refractivity contribution in [1.82, 2.24) is 5.32 Å². The summed E-state index contributed by atoms with van der Waals surface area (Å²) in [5.41, 5.74) is 0.982. The van der Waals surface area contributed by atoms with E-state index in [1.807, 2.05) is 30.3 Å². The van der Waals surface area contributed by atoms with Gasteiger partial charge in [-0.2, -0.15) is 0 Å². The van der Waals surface area contributed by atoms with Gasteiger partial charge in [0.25, 0.3) is 5.91 Å². The predicted octanol–water partition coefficient (Wildman–Crippen LogP) is 3.02. The van der Waals surface area contributed by atoms with E-state index in [2.05, 4.69) is 5.32 Å². The fourth-order valence-corrected chi connectivity index (χ4v) is 3.03. The molecule has 116 valence electrons. The van der Waals surface area contributed by atoms with Gasteiger partial charge < -0.3 is 15.2 Å². The number of carboxylic acid groups (broad SMARTS) is 1. The zero-order chi connectivity index (χ0) is 16.1. The van der Waals surface area contributed by atoms with Gasteiger partial charge in [-0.25, -0.2) is 4.79 Å². The molecular formula is C16H17NO4S. The fourth-order valence-electron chi connectivity index (χ4n) is 1.99. The van der Waals surface area contributed by atoms with E-state index in [1.165, 1.54) is 18.4 Å². The average Bonchev–Trinajstić information content (AvgIpc) is 2.97. The Morgan fingerprint density at radius 1 is 1.32 bits per heavy atom. The van der Waals surface area contributed by atoms with Crippen molar-refractivity contribution in [2.75, 3.05) is 7.11 Å². The van der Waals surface area contributed by atoms with Crippen LogP contribution >= 0.6 is 11.3 Å². The molecule has 0 bridgehead atoms. The Morgan fingerprint density at radius 3 is 2.55 bits per heavy atom. The molecule has 1 aromatic carbocycles. The summed E-state index contributed by atoms with van der Waals surface area (Å²) in [6.45, 7) is 1.71. The van der Waals surface area contributed by atoms with Crippen LogP contribution in [0.15, 0.2) is 36.4 Å². The van der Waals surface area contributed by atoms with Crippen LogP contribution in [0.25, 0.3) is 10.4 Å². The summed E-state index contributed by atoms with van der Waals surface area (Å²) in [4.78, 5) is 24.6. The molecule has 1 aromatic heterocycles. The second-order valence-corrected chi connectivity index (χ2v) is 5.70. The predicted molar refractivity (Wildman–Crippen MR) is 85.5 cm³/mol. The maximum Gasteiger partial charge on any atom is 0.326 e. The smallest absolute Gasteiger partial charge is 0.326 e. The molecule has 0 saturated carbocycles. The van der Waals surface area contributed by atoms with Crippen molar-refractivity contribution in [3.8, 4) is 16.2 Å². The molecule has 22 heavy (non-hydrogen) atoms. The van der Waals surface area contributed by atoms with Gasteiger partial charge in [-0.3, -0.25) is 4.79 Å². The topological polar surface area (TPSA) is 75.6 Å². The summed E-state index contributed by atoms with van der Waals surface area (Å²) >= 11 is 1.28. The molecule has 0 aliphatic carbocycles. The second kappa shape index (κ2) is 7.09. The van der Waals surface area contributed by atoms with Crippen molar-refractivity contribution in [1.29, 1.82) is 0 Å². The molecule has 1 unspecified atom stereocenters. The van der Waals surface area contributed by atoms with Crippen LogP contribution in [0.2, 0.25) is 0 Å². The standard InChI is InChI=1S/C16H17NO4S/c1-3-11(16(19)20)17-15(18)14-12(21-2)9-13(22-14)10-7-5-4-6-8-10/h4-9,11H,3H2,1-2H3,(H,17,18)(H,19,20). The van der Waals surface area contributed by atoms with Crippen molar-refractivity contribution >= 4 is 23.2 Å². The molecule has 2 aromatic rings. The summed E-state index contributed by atoms with van der Waals surface area (Å²) in [6, 6.07) is 10.5. The van der Waals surface area contributed by atoms with E-state index in [4.69, 9.17) is 9.84 Å². The van der Waals surface area contributed by atoms with E-state index in [0.717, 1.165) is 10.4 Å². The third kappa shape index (κ3) is 3.46. The lowest BCUT2D eigenvalue weighted by atomic mass is 10.2. The Labute approximate surface area is 132 Å². The normalized spacial score (nSPS) is 11.7. The van der Waals surface area contributed by atoms with E-state index in [9.17, 15) is 9.59 Å². The molecule has 0 radical (unpaired) electrons. The first kappa shape index (κ1) is 16.0. The van der Waals surface area contributed by atoms with Crippen LogP contribution in [0.5, 0.6) is 5.75 Å². The number of ether oxygens (including phenoxy) is 1. The third-order valence-electron chi connectivity index (χ3n) is 3.19. The number of hydrogen-bond donors (Lipinski definition) is 2. The fraction of sp³-hybridized carbons (Fsp3) is 0.250. The summed E-state index contributed by atoms with van der Waals surface area (Å²) in [5.74, 6) is -1.03. The van der Waals surface area contributed by atoms with Crippen LogP contribution in [-0.4, -0.2) is 30.1 Å². The lowest BCUT2D eigenvalue weighted by Gasteiger charge is -2.11. The van der Waals surface area contributed by atoms with Crippen LogP contribution in [0.1, 0.15) is 23.0 Å². The van der Waals surface area contributed by atoms with E-state index in [-0.39, 0.29) is 0 Å². The first-order valence-electron chi connectivity index (χ1n) is 6.83. The van der Waals surface area contributed by atoms with Crippen molar-refractivity contribution in [3.63, 3.8) is 0 Å². The van der Waals surface area contributed by atoms with Crippen molar-refractivity contribution < 1.29 is 19.4 Å². The molecule has 0 spiro atoms. The number of thiophene rings is 1. The Bertz CT molecular complexity index is 666. The molecule has 0 aliphatic rings. The molecule has 2 rings (SSSR count). The minimum atomic E-state index is -1.05. The molecule has 6 heteroatoms. The second-order valence-electron chi connectivity index (χ2n) is 4.65. The van der Waals surface area contributed by atoms with Gasteiger partial charge in [0.15, 0.2) is 0 Å². The van der Waals surface area contributed by atoms with Gasteiger partial charge in [-0.15, -0.1) is 11.3 Å². The quantitative estimate of drug-likeness (QED) is 0.858. The molecule has 5 nitrogen and oxygen atoms in total. The van der Waals surface area contributed by atoms with E-state index >= 15 is 0 Å². The number of benzene rings is 1. The first-order chi connectivity index (χ1) is 10.6. The van der Waals surface area contributed by atoms with Gasteiger partial charge in [0.2, 0.25) is 0 Å². The maximum absolute atomic E-state index is 12.3. The third-order valence-corrected chi connectivity index (χ3v) is 4.36. The largest absolute Gasteiger partial charge is 0.495 e. The van der Waals surface area contributed by atoms with Crippen molar-refractivity contribution in [3.05, 3.63) is 41.3 Å². The highest BCUT2D eigenvalue weighted by molar-refractivity contribution is 7.17. The number of hydrogen-bond acceptors (Lipinski definition) is 4. The molecule has 1 amide bonds. The van der Waals surface area contributed by atoms with Gasteiger partial charge in [0.05, 0.1) is 7.11 Å². The Morgan fingerprint density at radius 2 is 2.00 bits per heavy atom. The molecule has 1 atom stereocenters. The van der Waals surface area contributed by atoms with E-state index < -0.39 is 17.9 Å². The zero-order valence-electron chi connectivity index (χ0n) is 12.3. The Kier molecular flexibility index (Phi) is 5.16. The van der Waals surface area contributed by atoms with Crippen LogP contribution in [0.3, 0.4) is 0 Å². The van der Waals surface area contributed by atoms with Gasteiger partial charge in [-0.1, -0.05) is 37.3 Å². The highest BCUT2D eigenvalue weighted by atomic mass is 32.1. The van der Waals surface area contributed by atoms with Crippen LogP contribution in [-0.2, 0) is 4.79 Å². The van der Waals surface area contributed by atoms with Crippen LogP contribution < -0.4 is 10.1 Å². The average molecular weight is 319 g/mol. The molecule has 0 aliphatic heterocycles. The highest BCUT2D eigenvalue weighted by Crippen LogP contribution is 2.36. The lowest BCUT2D eigenvalue weighted by molar-refractivity contribution is -0.139. The van der Waals surface area contributed by atoms with Gasteiger partial charge in [0, 0.05) is 4.88 Å². The number of methoxy groups -OCH3 is 1.